The standard InChI is InChI=1S/C19H18N4O/c1-14-7-9-16(10-8-14)19(24)22-11-12-23-17(13-22)20-21-18(23)15-5-3-2-4-6-15/h2-10H,11-13H2,1H3. The van der Waals surface area contributed by atoms with Gasteiger partial charge in [-0.1, -0.05) is 48.0 Å². The van der Waals surface area contributed by atoms with Gasteiger partial charge in [-0.05, 0) is 19.1 Å². The van der Waals surface area contributed by atoms with Gasteiger partial charge in [0.15, 0.2) is 11.6 Å². The molecule has 5 nitrogen and oxygen atoms in total. The molecule has 1 aromatic heterocycles. The number of aryl methyl sites for hydroxylation is 1. The van der Waals surface area contributed by atoms with Crippen molar-refractivity contribution in [2.75, 3.05) is 6.54 Å². The van der Waals surface area contributed by atoms with Crippen LogP contribution in [-0.4, -0.2) is 32.1 Å². The third-order valence-electron chi connectivity index (χ3n) is 4.37. The van der Waals surface area contributed by atoms with Crippen LogP contribution in [0.2, 0.25) is 0 Å². The predicted molar refractivity (Wildman–Crippen MR) is 91.4 cm³/mol. The molecule has 1 aliphatic heterocycles. The topological polar surface area (TPSA) is 51.0 Å². The first-order chi connectivity index (χ1) is 11.7. The van der Waals surface area contributed by atoms with Crippen molar-refractivity contribution in [3.05, 3.63) is 71.5 Å². The van der Waals surface area contributed by atoms with Crippen LogP contribution in [-0.2, 0) is 13.1 Å². The minimum absolute atomic E-state index is 0.0468. The maximum absolute atomic E-state index is 12.7. The molecule has 4 rings (SSSR count). The smallest absolute Gasteiger partial charge is 0.254 e. The molecule has 0 fully saturated rings. The van der Waals surface area contributed by atoms with Crippen molar-refractivity contribution in [1.82, 2.24) is 19.7 Å². The van der Waals surface area contributed by atoms with Crippen molar-refractivity contribution in [3.63, 3.8) is 0 Å². The van der Waals surface area contributed by atoms with Gasteiger partial charge in [-0.15, -0.1) is 10.2 Å². The van der Waals surface area contributed by atoms with E-state index >= 15 is 0 Å². The molecule has 0 bridgehead atoms. The van der Waals surface area contributed by atoms with Gasteiger partial charge in [0.2, 0.25) is 0 Å². The highest BCUT2D eigenvalue weighted by atomic mass is 16.2. The van der Waals surface area contributed by atoms with Crippen LogP contribution in [0.5, 0.6) is 0 Å². The van der Waals surface area contributed by atoms with E-state index in [1.54, 1.807) is 0 Å². The predicted octanol–water partition coefficient (Wildman–Crippen LogP) is 2.91. The van der Waals surface area contributed by atoms with E-state index in [2.05, 4.69) is 14.8 Å². The number of carbonyl (C=O) groups is 1. The molecule has 3 aromatic rings. The van der Waals surface area contributed by atoms with E-state index in [1.807, 2.05) is 66.4 Å². The monoisotopic (exact) mass is 318 g/mol. The van der Waals surface area contributed by atoms with Crippen molar-refractivity contribution in [2.24, 2.45) is 0 Å². The molecule has 1 amide bonds. The lowest BCUT2D eigenvalue weighted by Crippen LogP contribution is -2.38. The fourth-order valence-electron chi connectivity index (χ4n) is 3.01. The Morgan fingerprint density at radius 1 is 0.958 bits per heavy atom. The highest BCUT2D eigenvalue weighted by Crippen LogP contribution is 2.22. The van der Waals surface area contributed by atoms with Crippen molar-refractivity contribution < 1.29 is 4.79 Å². The number of hydrogen-bond donors (Lipinski definition) is 0. The van der Waals surface area contributed by atoms with E-state index in [1.165, 1.54) is 0 Å². The first-order valence-electron chi connectivity index (χ1n) is 8.06. The number of fused-ring (bicyclic) bond motifs is 1. The van der Waals surface area contributed by atoms with Crippen LogP contribution < -0.4 is 0 Å². The van der Waals surface area contributed by atoms with Crippen molar-refractivity contribution in [3.8, 4) is 11.4 Å². The first-order valence-corrected chi connectivity index (χ1v) is 8.06. The molecule has 0 spiro atoms. The molecule has 0 saturated carbocycles. The summed E-state index contributed by atoms with van der Waals surface area (Å²) in [5.41, 5.74) is 2.92. The maximum atomic E-state index is 12.7. The molecular weight excluding hydrogens is 300 g/mol. The summed E-state index contributed by atoms with van der Waals surface area (Å²) in [5.74, 6) is 1.75. The van der Waals surface area contributed by atoms with Crippen LogP contribution >= 0.6 is 0 Å². The molecule has 0 aliphatic carbocycles. The lowest BCUT2D eigenvalue weighted by molar-refractivity contribution is 0.0708. The SMILES string of the molecule is Cc1ccc(C(=O)N2CCn3c(nnc3-c3ccccc3)C2)cc1. The lowest BCUT2D eigenvalue weighted by atomic mass is 10.1. The van der Waals surface area contributed by atoms with E-state index < -0.39 is 0 Å². The molecule has 0 N–H and O–H groups in total. The second kappa shape index (κ2) is 5.92. The summed E-state index contributed by atoms with van der Waals surface area (Å²) in [5, 5.41) is 8.61. The minimum atomic E-state index is 0.0468. The Labute approximate surface area is 140 Å². The molecule has 5 heteroatoms. The molecule has 0 unspecified atom stereocenters. The van der Waals surface area contributed by atoms with Crippen LogP contribution in [0.25, 0.3) is 11.4 Å². The third-order valence-corrected chi connectivity index (χ3v) is 4.37. The van der Waals surface area contributed by atoms with Crippen LogP contribution in [0, 0.1) is 6.92 Å². The third kappa shape index (κ3) is 2.58. The number of aromatic nitrogens is 3. The average Bonchev–Trinajstić information content (AvgIpc) is 3.05. The van der Waals surface area contributed by atoms with Crippen LogP contribution in [0.15, 0.2) is 54.6 Å². The summed E-state index contributed by atoms with van der Waals surface area (Å²) in [7, 11) is 0. The molecule has 0 saturated heterocycles. The number of amides is 1. The van der Waals surface area contributed by atoms with Gasteiger partial charge in [0.25, 0.3) is 5.91 Å². The van der Waals surface area contributed by atoms with E-state index in [0.29, 0.717) is 19.6 Å². The number of hydrogen-bond acceptors (Lipinski definition) is 3. The van der Waals surface area contributed by atoms with E-state index in [9.17, 15) is 4.79 Å². The van der Waals surface area contributed by atoms with Crippen molar-refractivity contribution in [1.29, 1.82) is 0 Å². The fourth-order valence-corrected chi connectivity index (χ4v) is 3.01. The summed E-state index contributed by atoms with van der Waals surface area (Å²) in [6, 6.07) is 17.7. The normalized spacial score (nSPS) is 13.6. The van der Waals surface area contributed by atoms with Crippen molar-refractivity contribution in [2.45, 2.75) is 20.0 Å². The molecule has 120 valence electrons. The average molecular weight is 318 g/mol. The molecule has 24 heavy (non-hydrogen) atoms. The number of carbonyl (C=O) groups excluding carboxylic acids is 1. The van der Waals surface area contributed by atoms with Gasteiger partial charge < -0.3 is 9.47 Å². The highest BCUT2D eigenvalue weighted by Gasteiger charge is 2.25. The summed E-state index contributed by atoms with van der Waals surface area (Å²) in [6.45, 7) is 3.89. The van der Waals surface area contributed by atoms with E-state index in [4.69, 9.17) is 0 Å². The second-order valence-electron chi connectivity index (χ2n) is 6.05. The summed E-state index contributed by atoms with van der Waals surface area (Å²) < 4.78 is 2.11. The summed E-state index contributed by atoms with van der Waals surface area (Å²) in [6.07, 6.45) is 0. The van der Waals surface area contributed by atoms with Gasteiger partial charge in [0.1, 0.15) is 0 Å². The van der Waals surface area contributed by atoms with E-state index in [0.717, 1.165) is 28.3 Å². The highest BCUT2D eigenvalue weighted by molar-refractivity contribution is 5.94. The first kappa shape index (κ1) is 14.6. The summed E-state index contributed by atoms with van der Waals surface area (Å²) >= 11 is 0. The van der Waals surface area contributed by atoms with Crippen molar-refractivity contribution >= 4 is 5.91 Å². The zero-order valence-corrected chi connectivity index (χ0v) is 13.5. The van der Waals surface area contributed by atoms with Crippen LogP contribution in [0.3, 0.4) is 0 Å². The van der Waals surface area contributed by atoms with Gasteiger partial charge in [-0.25, -0.2) is 0 Å². The van der Waals surface area contributed by atoms with Crippen LogP contribution in [0.1, 0.15) is 21.7 Å². The van der Waals surface area contributed by atoms with Gasteiger partial charge in [-0.3, -0.25) is 4.79 Å². The van der Waals surface area contributed by atoms with Crippen LogP contribution in [0.4, 0.5) is 0 Å². The molecule has 1 aliphatic rings. The Morgan fingerprint density at radius 3 is 2.46 bits per heavy atom. The Bertz CT molecular complexity index is 868. The Morgan fingerprint density at radius 2 is 1.71 bits per heavy atom. The quantitative estimate of drug-likeness (QED) is 0.730. The Balaban J connectivity index is 1.58. The van der Waals surface area contributed by atoms with E-state index in [-0.39, 0.29) is 5.91 Å². The fraction of sp³-hybridized carbons (Fsp3) is 0.211. The maximum Gasteiger partial charge on any atom is 0.254 e. The minimum Gasteiger partial charge on any atom is -0.329 e. The zero-order chi connectivity index (χ0) is 16.5. The van der Waals surface area contributed by atoms with Gasteiger partial charge in [0, 0.05) is 24.2 Å². The Kier molecular flexibility index (Phi) is 3.61. The van der Waals surface area contributed by atoms with Gasteiger partial charge in [0.05, 0.1) is 6.54 Å². The second-order valence-corrected chi connectivity index (χ2v) is 6.05. The number of rotatable bonds is 2. The molecular formula is C19H18N4O. The molecule has 0 atom stereocenters. The molecule has 2 aromatic carbocycles. The lowest BCUT2D eigenvalue weighted by Gasteiger charge is -2.28. The summed E-state index contributed by atoms with van der Waals surface area (Å²) in [4.78, 5) is 14.5. The largest absolute Gasteiger partial charge is 0.329 e. The molecule has 0 radical (unpaired) electrons. The van der Waals surface area contributed by atoms with Gasteiger partial charge >= 0.3 is 0 Å². The van der Waals surface area contributed by atoms with Gasteiger partial charge in [-0.2, -0.15) is 0 Å². The number of nitrogens with zero attached hydrogens (tertiary/aromatic N) is 4. The zero-order valence-electron chi connectivity index (χ0n) is 13.5. The number of benzene rings is 2. The molecule has 2 heterocycles. The Hall–Kier alpha value is -2.95.